The van der Waals surface area contributed by atoms with E-state index in [0.717, 1.165) is 11.1 Å². The molecular formula is C21H23N3O2S. The van der Waals surface area contributed by atoms with Crippen LogP contribution < -0.4 is 0 Å². The van der Waals surface area contributed by atoms with E-state index < -0.39 is 0 Å². The van der Waals surface area contributed by atoms with Crippen molar-refractivity contribution in [2.24, 2.45) is 0 Å². The number of aryl methyl sites for hydroxylation is 1. The molecule has 1 heterocycles. The van der Waals surface area contributed by atoms with Gasteiger partial charge in [0.25, 0.3) is 5.22 Å². The van der Waals surface area contributed by atoms with Gasteiger partial charge in [-0.1, -0.05) is 59.8 Å². The van der Waals surface area contributed by atoms with E-state index in [4.69, 9.17) is 4.42 Å². The molecule has 0 fully saturated rings. The average molecular weight is 382 g/mol. The number of hydrogen-bond donors (Lipinski definition) is 0. The van der Waals surface area contributed by atoms with Gasteiger partial charge in [-0.2, -0.15) is 0 Å². The first kappa shape index (κ1) is 19.2. The minimum absolute atomic E-state index is 0.0569. The number of carbonyl (C=O) groups is 1. The van der Waals surface area contributed by atoms with E-state index in [2.05, 4.69) is 10.2 Å². The van der Waals surface area contributed by atoms with Crippen molar-refractivity contribution in [3.8, 4) is 11.5 Å². The molecule has 0 radical (unpaired) electrons. The van der Waals surface area contributed by atoms with Crippen molar-refractivity contribution in [3.05, 3.63) is 65.7 Å². The van der Waals surface area contributed by atoms with Crippen LogP contribution in [0.25, 0.3) is 11.5 Å². The largest absolute Gasteiger partial charge is 0.411 e. The van der Waals surface area contributed by atoms with E-state index in [9.17, 15) is 4.79 Å². The summed E-state index contributed by atoms with van der Waals surface area (Å²) in [6.45, 7) is 7.13. The summed E-state index contributed by atoms with van der Waals surface area (Å²) in [6.07, 6.45) is 0. The normalized spacial score (nSPS) is 12.0. The number of rotatable bonds is 7. The van der Waals surface area contributed by atoms with Crippen molar-refractivity contribution in [3.63, 3.8) is 0 Å². The van der Waals surface area contributed by atoms with Crippen molar-refractivity contribution in [1.29, 1.82) is 0 Å². The number of amides is 1. The molecule has 3 aromatic rings. The molecule has 1 atom stereocenters. The lowest BCUT2D eigenvalue weighted by Crippen LogP contribution is -2.35. The highest BCUT2D eigenvalue weighted by Crippen LogP contribution is 2.27. The topological polar surface area (TPSA) is 59.2 Å². The molecule has 5 nitrogen and oxygen atoms in total. The number of hydrogen-bond acceptors (Lipinski definition) is 5. The van der Waals surface area contributed by atoms with Crippen molar-refractivity contribution in [2.75, 3.05) is 6.54 Å². The Hall–Kier alpha value is -2.60. The second-order valence-corrected chi connectivity index (χ2v) is 7.63. The van der Waals surface area contributed by atoms with Gasteiger partial charge in [-0.25, -0.2) is 0 Å². The average Bonchev–Trinajstić information content (AvgIpc) is 3.15. The van der Waals surface area contributed by atoms with Gasteiger partial charge in [-0.3, -0.25) is 4.79 Å². The molecule has 1 amide bonds. The van der Waals surface area contributed by atoms with E-state index in [1.54, 1.807) is 0 Å². The zero-order valence-electron chi connectivity index (χ0n) is 15.8. The third-order valence-corrected chi connectivity index (χ3v) is 5.16. The molecule has 0 spiro atoms. The first-order valence-electron chi connectivity index (χ1n) is 8.96. The number of nitrogens with zero attached hydrogens (tertiary/aromatic N) is 3. The highest BCUT2D eigenvalue weighted by molar-refractivity contribution is 8.00. The molecular weight excluding hydrogens is 358 g/mol. The third kappa shape index (κ3) is 4.98. The Labute approximate surface area is 163 Å². The Bertz CT molecular complexity index is 878. The molecule has 0 saturated heterocycles. The van der Waals surface area contributed by atoms with E-state index in [1.807, 2.05) is 80.3 Å². The number of carbonyl (C=O) groups excluding carboxylic acids is 1. The van der Waals surface area contributed by atoms with Gasteiger partial charge >= 0.3 is 0 Å². The van der Waals surface area contributed by atoms with Gasteiger partial charge in [0.05, 0.1) is 5.25 Å². The van der Waals surface area contributed by atoms with Crippen LogP contribution in [-0.2, 0) is 11.3 Å². The van der Waals surface area contributed by atoms with Crippen molar-refractivity contribution in [2.45, 2.75) is 37.8 Å². The Morgan fingerprint density at radius 3 is 2.48 bits per heavy atom. The highest BCUT2D eigenvalue weighted by Gasteiger charge is 2.23. The zero-order valence-corrected chi connectivity index (χ0v) is 16.6. The summed E-state index contributed by atoms with van der Waals surface area (Å²) in [4.78, 5) is 14.7. The van der Waals surface area contributed by atoms with Gasteiger partial charge in [0, 0.05) is 18.7 Å². The fourth-order valence-electron chi connectivity index (χ4n) is 2.68. The van der Waals surface area contributed by atoms with Crippen LogP contribution in [0, 0.1) is 6.92 Å². The SMILES string of the molecule is CCN(Cc1ccccc1)C(=O)C(C)Sc1nnc(-c2ccc(C)cc2)o1. The Kier molecular flexibility index (Phi) is 6.29. The summed E-state index contributed by atoms with van der Waals surface area (Å²) >= 11 is 1.29. The summed E-state index contributed by atoms with van der Waals surface area (Å²) in [5, 5.41) is 8.28. The number of benzene rings is 2. The Balaban J connectivity index is 1.64. The minimum atomic E-state index is -0.306. The predicted molar refractivity (Wildman–Crippen MR) is 107 cm³/mol. The molecule has 3 rings (SSSR count). The molecule has 6 heteroatoms. The van der Waals surface area contributed by atoms with Crippen LogP contribution >= 0.6 is 11.8 Å². The minimum Gasteiger partial charge on any atom is -0.411 e. The molecule has 0 N–H and O–H groups in total. The first-order valence-corrected chi connectivity index (χ1v) is 9.84. The van der Waals surface area contributed by atoms with Gasteiger partial charge in [-0.15, -0.1) is 10.2 Å². The lowest BCUT2D eigenvalue weighted by Gasteiger charge is -2.23. The number of aromatic nitrogens is 2. The molecule has 140 valence electrons. The van der Waals surface area contributed by atoms with E-state index in [1.165, 1.54) is 17.3 Å². The third-order valence-electron chi connectivity index (χ3n) is 4.24. The highest BCUT2D eigenvalue weighted by atomic mass is 32.2. The monoisotopic (exact) mass is 381 g/mol. The van der Waals surface area contributed by atoms with E-state index in [-0.39, 0.29) is 11.2 Å². The maximum atomic E-state index is 12.8. The molecule has 27 heavy (non-hydrogen) atoms. The molecule has 1 aromatic heterocycles. The van der Waals surface area contributed by atoms with E-state index >= 15 is 0 Å². The van der Waals surface area contributed by atoms with Crippen LogP contribution in [0.1, 0.15) is 25.0 Å². The van der Waals surface area contributed by atoms with Crippen LogP contribution in [0.5, 0.6) is 0 Å². The second-order valence-electron chi connectivity index (χ2n) is 6.34. The summed E-state index contributed by atoms with van der Waals surface area (Å²) in [5.41, 5.74) is 3.16. The first-order chi connectivity index (χ1) is 13.1. The van der Waals surface area contributed by atoms with Gasteiger partial charge in [0.2, 0.25) is 11.8 Å². The quantitative estimate of drug-likeness (QED) is 0.561. The standard InChI is InChI=1S/C21H23N3O2S/c1-4-24(14-17-8-6-5-7-9-17)20(25)16(3)27-21-23-22-19(26-21)18-12-10-15(2)11-13-18/h5-13,16H,4,14H2,1-3H3. The smallest absolute Gasteiger partial charge is 0.277 e. The molecule has 0 saturated carbocycles. The van der Waals surface area contributed by atoms with Crippen molar-refractivity contribution in [1.82, 2.24) is 15.1 Å². The van der Waals surface area contributed by atoms with Crippen LogP contribution in [0.2, 0.25) is 0 Å². The molecule has 0 aliphatic rings. The molecule has 0 aliphatic carbocycles. The fraction of sp³-hybridized carbons (Fsp3) is 0.286. The van der Waals surface area contributed by atoms with Gasteiger partial charge in [0.15, 0.2) is 0 Å². The lowest BCUT2D eigenvalue weighted by molar-refractivity contribution is -0.130. The summed E-state index contributed by atoms with van der Waals surface area (Å²) < 4.78 is 5.73. The van der Waals surface area contributed by atoms with Crippen LogP contribution in [0.15, 0.2) is 64.2 Å². The van der Waals surface area contributed by atoms with E-state index in [0.29, 0.717) is 24.2 Å². The van der Waals surface area contributed by atoms with Gasteiger partial charge in [0.1, 0.15) is 0 Å². The zero-order chi connectivity index (χ0) is 19.2. The molecule has 0 bridgehead atoms. The van der Waals surface area contributed by atoms with Crippen molar-refractivity contribution >= 4 is 17.7 Å². The summed E-state index contributed by atoms with van der Waals surface area (Å²) in [7, 11) is 0. The lowest BCUT2D eigenvalue weighted by atomic mass is 10.1. The maximum Gasteiger partial charge on any atom is 0.277 e. The Morgan fingerprint density at radius 1 is 1.11 bits per heavy atom. The van der Waals surface area contributed by atoms with Crippen LogP contribution in [-0.4, -0.2) is 32.8 Å². The molecule has 0 aliphatic heterocycles. The second kappa shape index (κ2) is 8.86. The van der Waals surface area contributed by atoms with Crippen LogP contribution in [0.4, 0.5) is 0 Å². The van der Waals surface area contributed by atoms with Crippen LogP contribution in [0.3, 0.4) is 0 Å². The van der Waals surface area contributed by atoms with Gasteiger partial charge in [-0.05, 0) is 38.5 Å². The van der Waals surface area contributed by atoms with Crippen molar-refractivity contribution < 1.29 is 9.21 Å². The summed E-state index contributed by atoms with van der Waals surface area (Å²) in [6, 6.07) is 17.9. The molecule has 1 unspecified atom stereocenters. The summed E-state index contributed by atoms with van der Waals surface area (Å²) in [5.74, 6) is 0.523. The fourth-order valence-corrected chi connectivity index (χ4v) is 3.45. The Morgan fingerprint density at radius 2 is 1.81 bits per heavy atom. The maximum absolute atomic E-state index is 12.8. The number of thioether (sulfide) groups is 1. The molecule has 2 aromatic carbocycles. The predicted octanol–water partition coefficient (Wildman–Crippen LogP) is 4.57. The van der Waals surface area contributed by atoms with Gasteiger partial charge < -0.3 is 9.32 Å².